The van der Waals surface area contributed by atoms with Gasteiger partial charge in [-0.05, 0) is 12.8 Å². The minimum Gasteiger partial charge on any atom is -0.481 e. The first kappa shape index (κ1) is 15.8. The Bertz CT molecular complexity index is 422. The second-order valence-electron chi connectivity index (χ2n) is 4.36. The van der Waals surface area contributed by atoms with E-state index in [0.29, 0.717) is 18.4 Å². The van der Waals surface area contributed by atoms with Crippen LogP contribution in [0.2, 0.25) is 0 Å². The summed E-state index contributed by atoms with van der Waals surface area (Å²) in [5.74, 6) is -0.415. The maximum Gasteiger partial charge on any atom is 0.313 e. The molecule has 0 aliphatic heterocycles. The summed E-state index contributed by atoms with van der Waals surface area (Å²) in [6, 6.07) is -0.00811. The molecule has 0 bridgehead atoms. The molecular weight excluding hydrogens is 268 g/mol. The molecule has 0 aromatic carbocycles. The number of rotatable bonds is 8. The summed E-state index contributed by atoms with van der Waals surface area (Å²) in [4.78, 5) is 10.6. The van der Waals surface area contributed by atoms with E-state index >= 15 is 0 Å². The van der Waals surface area contributed by atoms with Gasteiger partial charge in [-0.15, -0.1) is 10.2 Å². The predicted octanol–water partition coefficient (Wildman–Crippen LogP) is 1.27. The first-order valence-corrected chi connectivity index (χ1v) is 7.08. The van der Waals surface area contributed by atoms with Crippen LogP contribution in [0.15, 0.2) is 5.16 Å². The normalized spacial score (nSPS) is 12.8. The first-order chi connectivity index (χ1) is 8.97. The maximum absolute atomic E-state index is 10.6. The Morgan fingerprint density at radius 1 is 1.53 bits per heavy atom. The Morgan fingerprint density at radius 2 is 2.21 bits per heavy atom. The Balaban J connectivity index is 2.93. The number of ether oxygens (including phenoxy) is 1. The summed E-state index contributed by atoms with van der Waals surface area (Å²) < 4.78 is 7.22. The summed E-state index contributed by atoms with van der Waals surface area (Å²) in [6.45, 7) is 7.14. The molecule has 1 unspecified atom stereocenters. The van der Waals surface area contributed by atoms with E-state index in [4.69, 9.17) is 15.6 Å². The highest BCUT2D eigenvalue weighted by molar-refractivity contribution is 7.99. The van der Waals surface area contributed by atoms with Crippen molar-refractivity contribution in [2.24, 2.45) is 5.92 Å². The Labute approximate surface area is 116 Å². The number of aromatic nitrogens is 3. The van der Waals surface area contributed by atoms with Crippen LogP contribution >= 0.6 is 11.8 Å². The molecule has 0 aliphatic rings. The fourth-order valence-electron chi connectivity index (χ4n) is 1.63. The van der Waals surface area contributed by atoms with Crippen molar-refractivity contribution in [3.8, 4) is 0 Å². The average molecular weight is 288 g/mol. The number of thioether (sulfide) groups is 1. The molecule has 0 amide bonds. The van der Waals surface area contributed by atoms with E-state index in [1.807, 2.05) is 6.92 Å². The van der Waals surface area contributed by atoms with Crippen molar-refractivity contribution in [2.45, 2.75) is 32.0 Å². The number of carboxylic acid groups (broad SMARTS) is 1. The molecule has 0 fully saturated rings. The number of hydrogen-bond acceptors (Lipinski definition) is 6. The van der Waals surface area contributed by atoms with Gasteiger partial charge in [0.05, 0.1) is 18.4 Å². The minimum absolute atomic E-state index is 0.00811. The maximum atomic E-state index is 10.6. The van der Waals surface area contributed by atoms with Gasteiger partial charge in [-0.3, -0.25) is 9.36 Å². The van der Waals surface area contributed by atoms with Gasteiger partial charge in [0.1, 0.15) is 0 Å². The zero-order valence-corrected chi connectivity index (χ0v) is 12.2. The Kier molecular flexibility index (Phi) is 6.10. The molecule has 0 radical (unpaired) electrons. The van der Waals surface area contributed by atoms with Crippen LogP contribution in [0.5, 0.6) is 0 Å². The number of hydrogen-bond donors (Lipinski definition) is 2. The van der Waals surface area contributed by atoms with E-state index in [1.165, 1.54) is 0 Å². The van der Waals surface area contributed by atoms with Gasteiger partial charge in [-0.25, -0.2) is 0 Å². The molecule has 8 heteroatoms. The van der Waals surface area contributed by atoms with Gasteiger partial charge >= 0.3 is 5.97 Å². The van der Waals surface area contributed by atoms with Crippen LogP contribution in [0, 0.1) is 5.92 Å². The third-order valence-corrected chi connectivity index (χ3v) is 3.54. The van der Waals surface area contributed by atoms with Crippen LogP contribution in [0.4, 0.5) is 5.95 Å². The number of anilines is 1. The van der Waals surface area contributed by atoms with Gasteiger partial charge in [-0.2, -0.15) is 0 Å². The molecule has 0 spiro atoms. The smallest absolute Gasteiger partial charge is 0.313 e. The summed E-state index contributed by atoms with van der Waals surface area (Å²) in [6.07, 6.45) is 0. The number of nitrogens with zero attached hydrogens (tertiary/aromatic N) is 3. The van der Waals surface area contributed by atoms with E-state index in [2.05, 4.69) is 24.0 Å². The van der Waals surface area contributed by atoms with Crippen LogP contribution in [0.1, 0.15) is 26.8 Å². The molecule has 1 rings (SSSR count). The quantitative estimate of drug-likeness (QED) is 0.694. The van der Waals surface area contributed by atoms with Gasteiger partial charge < -0.3 is 15.6 Å². The van der Waals surface area contributed by atoms with E-state index in [1.54, 1.807) is 4.57 Å². The predicted molar refractivity (Wildman–Crippen MR) is 73.2 cm³/mol. The lowest BCUT2D eigenvalue weighted by Crippen LogP contribution is -2.23. The fraction of sp³-hybridized carbons (Fsp3) is 0.727. The van der Waals surface area contributed by atoms with E-state index in [0.717, 1.165) is 11.8 Å². The zero-order valence-electron chi connectivity index (χ0n) is 11.4. The summed E-state index contributed by atoms with van der Waals surface area (Å²) in [5.41, 5.74) is 5.83. The summed E-state index contributed by atoms with van der Waals surface area (Å²) in [5, 5.41) is 17.0. The number of aliphatic carboxylic acids is 1. The number of nitrogens with two attached hydrogens (primary N) is 1. The highest BCUT2D eigenvalue weighted by atomic mass is 32.2. The molecule has 7 nitrogen and oxygen atoms in total. The molecule has 108 valence electrons. The largest absolute Gasteiger partial charge is 0.481 e. The molecule has 0 saturated carbocycles. The van der Waals surface area contributed by atoms with Crippen molar-refractivity contribution >= 4 is 23.7 Å². The molecule has 0 aliphatic carbocycles. The molecule has 0 saturated heterocycles. The van der Waals surface area contributed by atoms with Crippen molar-refractivity contribution in [1.29, 1.82) is 0 Å². The van der Waals surface area contributed by atoms with Crippen molar-refractivity contribution in [3.05, 3.63) is 0 Å². The molecule has 1 heterocycles. The molecule has 3 N–H and O–H groups in total. The lowest BCUT2D eigenvalue weighted by atomic mass is 10.1. The van der Waals surface area contributed by atoms with E-state index < -0.39 is 5.97 Å². The standard InChI is InChI=1S/C11H20N4O3S/c1-4-18-5-8(7(2)3)15-10(12)13-14-11(15)19-6-9(16)17/h7-8H,4-6H2,1-3H3,(H2,12,13)(H,16,17). The second-order valence-corrected chi connectivity index (χ2v) is 5.31. The summed E-state index contributed by atoms with van der Waals surface area (Å²) >= 11 is 1.11. The topological polar surface area (TPSA) is 103 Å². The minimum atomic E-state index is -0.899. The van der Waals surface area contributed by atoms with Crippen LogP contribution < -0.4 is 5.73 Å². The Hall–Kier alpha value is -1.28. The van der Waals surface area contributed by atoms with Crippen LogP contribution in [0.3, 0.4) is 0 Å². The fourth-order valence-corrected chi connectivity index (χ4v) is 2.35. The van der Waals surface area contributed by atoms with E-state index in [9.17, 15) is 4.79 Å². The van der Waals surface area contributed by atoms with Crippen molar-refractivity contribution in [3.63, 3.8) is 0 Å². The first-order valence-electron chi connectivity index (χ1n) is 6.10. The average Bonchev–Trinajstić information content (AvgIpc) is 2.69. The number of carboxylic acids is 1. The third kappa shape index (κ3) is 4.39. The van der Waals surface area contributed by atoms with Crippen LogP contribution in [0.25, 0.3) is 0 Å². The van der Waals surface area contributed by atoms with Gasteiger partial charge in [0, 0.05) is 6.61 Å². The molecule has 1 aromatic rings. The zero-order chi connectivity index (χ0) is 14.4. The van der Waals surface area contributed by atoms with Crippen molar-refractivity contribution in [1.82, 2.24) is 14.8 Å². The second kappa shape index (κ2) is 7.34. The van der Waals surface area contributed by atoms with Gasteiger partial charge in [-0.1, -0.05) is 25.6 Å². The third-order valence-electron chi connectivity index (χ3n) is 2.61. The van der Waals surface area contributed by atoms with Gasteiger partial charge in [0.25, 0.3) is 0 Å². The highest BCUT2D eigenvalue weighted by Crippen LogP contribution is 2.27. The molecule has 1 aromatic heterocycles. The highest BCUT2D eigenvalue weighted by Gasteiger charge is 2.23. The number of nitrogen functional groups attached to an aromatic ring is 1. The summed E-state index contributed by atoms with van der Waals surface area (Å²) in [7, 11) is 0. The lowest BCUT2D eigenvalue weighted by Gasteiger charge is -2.24. The van der Waals surface area contributed by atoms with Gasteiger partial charge in [0.2, 0.25) is 5.95 Å². The van der Waals surface area contributed by atoms with Crippen molar-refractivity contribution < 1.29 is 14.6 Å². The molecule has 19 heavy (non-hydrogen) atoms. The molecular formula is C11H20N4O3S. The van der Waals surface area contributed by atoms with E-state index in [-0.39, 0.29) is 23.7 Å². The van der Waals surface area contributed by atoms with Crippen LogP contribution in [-0.2, 0) is 9.53 Å². The van der Waals surface area contributed by atoms with Crippen LogP contribution in [-0.4, -0.2) is 44.8 Å². The SMILES string of the molecule is CCOCC(C(C)C)n1c(N)nnc1SCC(=O)O. The lowest BCUT2D eigenvalue weighted by molar-refractivity contribution is -0.133. The monoisotopic (exact) mass is 288 g/mol. The molecule has 1 atom stereocenters. The number of carbonyl (C=O) groups is 1. The van der Waals surface area contributed by atoms with Crippen molar-refractivity contribution in [2.75, 3.05) is 24.7 Å². The Morgan fingerprint density at radius 3 is 2.74 bits per heavy atom. The van der Waals surface area contributed by atoms with Gasteiger partial charge in [0.15, 0.2) is 5.16 Å².